The van der Waals surface area contributed by atoms with E-state index < -0.39 is 90.4 Å². The van der Waals surface area contributed by atoms with E-state index in [1.807, 2.05) is 20.8 Å². The zero-order valence-electron chi connectivity index (χ0n) is 31.6. The van der Waals surface area contributed by atoms with Crippen LogP contribution in [0.4, 0.5) is 0 Å². The number of amides is 5. The Morgan fingerprint density at radius 1 is 0.731 bits per heavy atom. The minimum absolute atomic E-state index is 0.00822. The lowest BCUT2D eigenvalue weighted by atomic mass is 9.97. The number of carbonyl (C=O) groups excluding carboxylic acids is 6. The maximum atomic E-state index is 14.0. The molecule has 292 valence electrons. The van der Waals surface area contributed by atoms with Gasteiger partial charge in [0.05, 0.1) is 19.1 Å². The van der Waals surface area contributed by atoms with Gasteiger partial charge in [-0.25, -0.2) is 4.79 Å². The number of cyclic esters (lactones) is 1. The van der Waals surface area contributed by atoms with Gasteiger partial charge in [-0.05, 0) is 43.6 Å². The van der Waals surface area contributed by atoms with E-state index in [1.165, 1.54) is 6.92 Å². The molecule has 7 N–H and O–H groups in total. The Labute approximate surface area is 308 Å². The number of hydrogen-bond acceptors (Lipinski definition) is 9. The Hall–Kier alpha value is -4.04. The standard InChI is InChI=1S/C38H61N5O9/c1-7-9-10-11-15-18-27-21-31(46)39-28(19-23(3)4)34(47)41-30(22-44)36(49)43-33(25(6)45)37(50)40-29(20-26-16-13-12-14-17-26)35(48)42-32(24(5)8-2)38(51)52-27/h12-14,16-17,23-25,27-30,32-33,44-45H,7-11,15,18-22H2,1-6H3,(H,39,46)(H,40,50)(H,41,47)(H,42,48)(H,43,49)/t24-,25+,27?,28+,29+,30?,32?,33-/m0/s1. The van der Waals surface area contributed by atoms with Crippen molar-refractivity contribution in [2.45, 2.75) is 148 Å². The van der Waals surface area contributed by atoms with E-state index in [4.69, 9.17) is 4.74 Å². The molecule has 1 fully saturated rings. The van der Waals surface area contributed by atoms with Crippen molar-refractivity contribution in [3.05, 3.63) is 35.9 Å². The topological polar surface area (TPSA) is 212 Å². The smallest absolute Gasteiger partial charge is 0.329 e. The van der Waals surface area contributed by atoms with Gasteiger partial charge in [0.15, 0.2) is 0 Å². The van der Waals surface area contributed by atoms with Crippen LogP contribution in [0.1, 0.15) is 105 Å². The average Bonchev–Trinajstić information content (AvgIpc) is 3.09. The zero-order chi connectivity index (χ0) is 38.8. The van der Waals surface area contributed by atoms with Crippen LogP contribution in [0.3, 0.4) is 0 Å². The largest absolute Gasteiger partial charge is 0.460 e. The Morgan fingerprint density at radius 3 is 1.92 bits per heavy atom. The molecule has 1 aliphatic heterocycles. The predicted octanol–water partition coefficient (Wildman–Crippen LogP) is 1.79. The maximum Gasteiger partial charge on any atom is 0.329 e. The van der Waals surface area contributed by atoms with Crippen molar-refractivity contribution in [3.63, 3.8) is 0 Å². The van der Waals surface area contributed by atoms with Crippen molar-refractivity contribution >= 4 is 35.5 Å². The third kappa shape index (κ3) is 14.9. The summed E-state index contributed by atoms with van der Waals surface area (Å²) in [6.45, 7) is 9.86. The van der Waals surface area contributed by atoms with Crippen molar-refractivity contribution in [1.82, 2.24) is 26.6 Å². The molecule has 3 unspecified atom stereocenters. The molecule has 14 heteroatoms. The van der Waals surface area contributed by atoms with Gasteiger partial charge in [-0.3, -0.25) is 24.0 Å². The maximum absolute atomic E-state index is 14.0. The van der Waals surface area contributed by atoms with Gasteiger partial charge in [-0.15, -0.1) is 0 Å². The molecule has 0 spiro atoms. The second-order valence-corrected chi connectivity index (χ2v) is 14.3. The summed E-state index contributed by atoms with van der Waals surface area (Å²) in [5.41, 5.74) is 0.690. The molecule has 0 aliphatic carbocycles. The first-order valence-electron chi connectivity index (χ1n) is 18.7. The van der Waals surface area contributed by atoms with Gasteiger partial charge in [0.1, 0.15) is 36.3 Å². The Morgan fingerprint density at radius 2 is 1.33 bits per heavy atom. The number of hydrogen-bond donors (Lipinski definition) is 7. The second-order valence-electron chi connectivity index (χ2n) is 14.3. The highest BCUT2D eigenvalue weighted by Gasteiger charge is 2.36. The highest BCUT2D eigenvalue weighted by Crippen LogP contribution is 2.18. The molecule has 1 saturated heterocycles. The fourth-order valence-corrected chi connectivity index (χ4v) is 5.95. The lowest BCUT2D eigenvalue weighted by Crippen LogP contribution is -2.62. The molecule has 0 radical (unpaired) electrons. The van der Waals surface area contributed by atoms with Crippen LogP contribution in [-0.4, -0.2) is 94.7 Å². The van der Waals surface area contributed by atoms with E-state index in [0.29, 0.717) is 24.8 Å². The molecule has 1 heterocycles. The first kappa shape index (κ1) is 44.1. The molecule has 1 aromatic carbocycles. The summed E-state index contributed by atoms with van der Waals surface area (Å²) in [6.07, 6.45) is 3.15. The van der Waals surface area contributed by atoms with Crippen LogP contribution in [0.25, 0.3) is 0 Å². The SMILES string of the molecule is CCCCCCCC1CC(=O)N[C@H](CC(C)C)C(=O)NC(CO)C(=O)N[C@@H]([C@@H](C)O)C(=O)N[C@H](Cc2ccccc2)C(=O)NC([C@@H](C)CC)C(=O)O1. The predicted molar refractivity (Wildman–Crippen MR) is 195 cm³/mol. The Bertz CT molecular complexity index is 1310. The molecule has 0 aromatic heterocycles. The van der Waals surface area contributed by atoms with E-state index in [-0.39, 0.29) is 25.2 Å². The zero-order valence-corrected chi connectivity index (χ0v) is 31.6. The number of esters is 1. The number of aliphatic hydroxyl groups excluding tert-OH is 2. The van der Waals surface area contributed by atoms with Crippen LogP contribution in [0, 0.1) is 11.8 Å². The number of aliphatic hydroxyl groups is 2. The highest BCUT2D eigenvalue weighted by atomic mass is 16.5. The summed E-state index contributed by atoms with van der Waals surface area (Å²) in [5, 5.41) is 33.6. The number of benzene rings is 1. The van der Waals surface area contributed by atoms with Crippen LogP contribution in [0.5, 0.6) is 0 Å². The second kappa shape index (κ2) is 22.8. The molecule has 8 atom stereocenters. The molecule has 0 saturated carbocycles. The normalized spacial score (nSPS) is 25.6. The third-order valence-corrected chi connectivity index (χ3v) is 9.24. The molecular weight excluding hydrogens is 670 g/mol. The summed E-state index contributed by atoms with van der Waals surface area (Å²) in [4.78, 5) is 81.7. The minimum Gasteiger partial charge on any atom is -0.460 e. The van der Waals surface area contributed by atoms with E-state index >= 15 is 0 Å². The first-order chi connectivity index (χ1) is 24.7. The molecule has 52 heavy (non-hydrogen) atoms. The van der Waals surface area contributed by atoms with Crippen molar-refractivity contribution in [2.75, 3.05) is 6.61 Å². The minimum atomic E-state index is -1.59. The van der Waals surface area contributed by atoms with Crippen molar-refractivity contribution in [2.24, 2.45) is 11.8 Å². The lowest BCUT2D eigenvalue weighted by molar-refractivity contribution is -0.156. The number of carbonyl (C=O) groups is 6. The fraction of sp³-hybridized carbons (Fsp3) is 0.684. The van der Waals surface area contributed by atoms with E-state index in [2.05, 4.69) is 33.5 Å². The molecule has 5 amide bonds. The number of ether oxygens (including phenoxy) is 1. The summed E-state index contributed by atoms with van der Waals surface area (Å²) >= 11 is 0. The quantitative estimate of drug-likeness (QED) is 0.110. The van der Waals surface area contributed by atoms with Crippen LogP contribution < -0.4 is 26.6 Å². The van der Waals surface area contributed by atoms with Gasteiger partial charge >= 0.3 is 5.97 Å². The lowest BCUT2D eigenvalue weighted by Gasteiger charge is -2.29. The van der Waals surface area contributed by atoms with Gasteiger partial charge in [0.2, 0.25) is 29.5 Å². The van der Waals surface area contributed by atoms with Crippen molar-refractivity contribution in [3.8, 4) is 0 Å². The van der Waals surface area contributed by atoms with Crippen molar-refractivity contribution < 1.29 is 43.7 Å². The van der Waals surface area contributed by atoms with Gasteiger partial charge in [0.25, 0.3) is 0 Å². The summed E-state index contributed by atoms with van der Waals surface area (Å²) < 4.78 is 5.97. The Kier molecular flexibility index (Phi) is 19.3. The van der Waals surface area contributed by atoms with Gasteiger partial charge in [-0.1, -0.05) is 97.1 Å². The van der Waals surface area contributed by atoms with Crippen LogP contribution in [0.15, 0.2) is 30.3 Å². The van der Waals surface area contributed by atoms with Gasteiger partial charge < -0.3 is 41.5 Å². The molecule has 1 aliphatic rings. The number of nitrogens with one attached hydrogen (secondary N) is 5. The first-order valence-corrected chi connectivity index (χ1v) is 18.7. The van der Waals surface area contributed by atoms with Crippen LogP contribution in [0.2, 0.25) is 0 Å². The molecular formula is C38H61N5O9. The summed E-state index contributed by atoms with van der Waals surface area (Å²) in [6, 6.07) is 2.26. The van der Waals surface area contributed by atoms with Crippen LogP contribution >= 0.6 is 0 Å². The van der Waals surface area contributed by atoms with E-state index in [9.17, 15) is 39.0 Å². The molecule has 0 bridgehead atoms. The van der Waals surface area contributed by atoms with E-state index in [1.54, 1.807) is 37.3 Å². The molecule has 2 rings (SSSR count). The fourth-order valence-electron chi connectivity index (χ4n) is 5.95. The van der Waals surface area contributed by atoms with Gasteiger partial charge in [-0.2, -0.15) is 0 Å². The number of unbranched alkanes of at least 4 members (excludes halogenated alkanes) is 4. The number of rotatable bonds is 14. The van der Waals surface area contributed by atoms with E-state index in [0.717, 1.165) is 25.7 Å². The monoisotopic (exact) mass is 731 g/mol. The molecule has 14 nitrogen and oxygen atoms in total. The summed E-state index contributed by atoms with van der Waals surface area (Å²) in [7, 11) is 0. The molecule has 1 aromatic rings. The Balaban J connectivity index is 2.60. The third-order valence-electron chi connectivity index (χ3n) is 9.24. The average molecular weight is 732 g/mol. The van der Waals surface area contributed by atoms with Crippen LogP contribution in [-0.2, 0) is 39.9 Å². The highest BCUT2D eigenvalue weighted by molar-refractivity contribution is 5.96. The van der Waals surface area contributed by atoms with Crippen molar-refractivity contribution in [1.29, 1.82) is 0 Å². The summed E-state index contributed by atoms with van der Waals surface area (Å²) in [5.74, 6) is -5.04. The van der Waals surface area contributed by atoms with Gasteiger partial charge in [0, 0.05) is 6.42 Å².